The number of benzene rings is 1. The van der Waals surface area contributed by atoms with E-state index in [1.165, 1.54) is 0 Å². The number of hydrazine groups is 1. The molecule has 0 amide bonds. The number of carbonyl (C=O) groups excluding carboxylic acids is 1. The number of carbonyl (C=O) groups is 1. The zero-order chi connectivity index (χ0) is 8.27. The van der Waals surface area contributed by atoms with Crippen molar-refractivity contribution in [3.05, 3.63) is 23.8 Å². The molecular weight excluding hydrogens is 160 g/mol. The number of aldehydes is 1. The quantitative estimate of drug-likeness (QED) is 0.268. The van der Waals surface area contributed by atoms with E-state index in [-0.39, 0.29) is 0 Å². The Morgan fingerprint density at radius 3 is 2.82 bits per heavy atom. The summed E-state index contributed by atoms with van der Waals surface area (Å²) >= 11 is 4.08. The van der Waals surface area contributed by atoms with E-state index in [1.54, 1.807) is 18.2 Å². The van der Waals surface area contributed by atoms with Crippen molar-refractivity contribution in [3.63, 3.8) is 0 Å². The molecule has 3 N–H and O–H groups in total. The summed E-state index contributed by atoms with van der Waals surface area (Å²) in [7, 11) is 0. The van der Waals surface area contributed by atoms with Gasteiger partial charge in [-0.1, -0.05) is 0 Å². The Balaban J connectivity index is 3.16. The molecule has 0 aliphatic heterocycles. The van der Waals surface area contributed by atoms with Crippen LogP contribution in [0.2, 0.25) is 0 Å². The zero-order valence-electron chi connectivity index (χ0n) is 5.74. The lowest BCUT2D eigenvalue weighted by molar-refractivity contribution is 0.112. The molecule has 1 aromatic carbocycles. The van der Waals surface area contributed by atoms with Gasteiger partial charge in [0.2, 0.25) is 0 Å². The predicted molar refractivity (Wildman–Crippen MR) is 46.9 cm³/mol. The van der Waals surface area contributed by atoms with Crippen molar-refractivity contribution in [2.45, 2.75) is 4.90 Å². The number of thiol groups is 1. The summed E-state index contributed by atoms with van der Waals surface area (Å²) in [5.41, 5.74) is 3.53. The molecule has 11 heavy (non-hydrogen) atoms. The molecule has 0 aliphatic rings. The van der Waals surface area contributed by atoms with E-state index in [0.717, 1.165) is 11.2 Å². The summed E-state index contributed by atoms with van der Waals surface area (Å²) in [4.78, 5) is 11.1. The maximum atomic E-state index is 10.4. The minimum atomic E-state index is 0.533. The van der Waals surface area contributed by atoms with Gasteiger partial charge in [0, 0.05) is 10.5 Å². The standard InChI is InChI=1S/C7H8N2OS/c8-9-7-3-6(11)2-1-5(7)4-10/h1-4,9,11H,8H2. The van der Waals surface area contributed by atoms with Gasteiger partial charge in [0.25, 0.3) is 0 Å². The Morgan fingerprint density at radius 1 is 1.55 bits per heavy atom. The van der Waals surface area contributed by atoms with Crippen LogP contribution in [0.5, 0.6) is 0 Å². The molecule has 0 saturated carbocycles. The summed E-state index contributed by atoms with van der Waals surface area (Å²) in [5.74, 6) is 5.15. The lowest BCUT2D eigenvalue weighted by Gasteiger charge is -2.02. The van der Waals surface area contributed by atoms with Gasteiger partial charge in [0.1, 0.15) is 0 Å². The molecule has 0 aromatic heterocycles. The highest BCUT2D eigenvalue weighted by Crippen LogP contribution is 2.16. The molecule has 0 aliphatic carbocycles. The summed E-state index contributed by atoms with van der Waals surface area (Å²) in [6.45, 7) is 0. The molecule has 1 aromatic rings. The fraction of sp³-hybridized carbons (Fsp3) is 0. The number of rotatable bonds is 2. The van der Waals surface area contributed by atoms with E-state index in [0.29, 0.717) is 11.3 Å². The fourth-order valence-electron chi connectivity index (χ4n) is 0.772. The highest BCUT2D eigenvalue weighted by molar-refractivity contribution is 7.80. The van der Waals surface area contributed by atoms with E-state index in [2.05, 4.69) is 18.1 Å². The molecule has 3 nitrogen and oxygen atoms in total. The van der Waals surface area contributed by atoms with Gasteiger partial charge in [-0.15, -0.1) is 12.6 Å². The molecule has 0 atom stereocenters. The Morgan fingerprint density at radius 2 is 2.27 bits per heavy atom. The van der Waals surface area contributed by atoms with Crippen molar-refractivity contribution >= 4 is 24.6 Å². The monoisotopic (exact) mass is 168 g/mol. The van der Waals surface area contributed by atoms with Crippen molar-refractivity contribution < 1.29 is 4.79 Å². The van der Waals surface area contributed by atoms with Crippen molar-refractivity contribution in [2.75, 3.05) is 5.43 Å². The highest BCUT2D eigenvalue weighted by atomic mass is 32.1. The number of nitrogen functional groups attached to an aromatic ring is 1. The van der Waals surface area contributed by atoms with Crippen LogP contribution in [0.4, 0.5) is 5.69 Å². The molecule has 1 rings (SSSR count). The Hall–Kier alpha value is -1.00. The maximum Gasteiger partial charge on any atom is 0.152 e. The zero-order valence-corrected chi connectivity index (χ0v) is 6.64. The average Bonchev–Trinajstić information content (AvgIpc) is 2.04. The Labute approximate surface area is 70.0 Å². The lowest BCUT2D eigenvalue weighted by atomic mass is 10.2. The van der Waals surface area contributed by atoms with Gasteiger partial charge in [0.15, 0.2) is 6.29 Å². The molecule has 0 radical (unpaired) electrons. The smallest absolute Gasteiger partial charge is 0.152 e. The number of hydrogen-bond acceptors (Lipinski definition) is 4. The van der Waals surface area contributed by atoms with Crippen molar-refractivity contribution in [2.24, 2.45) is 5.84 Å². The van der Waals surface area contributed by atoms with E-state index in [9.17, 15) is 4.79 Å². The van der Waals surface area contributed by atoms with Crippen LogP contribution in [-0.2, 0) is 0 Å². The third-order valence-electron chi connectivity index (χ3n) is 1.32. The summed E-state index contributed by atoms with van der Waals surface area (Å²) in [5, 5.41) is 0. The normalized spacial score (nSPS) is 9.27. The summed E-state index contributed by atoms with van der Waals surface area (Å²) in [6, 6.07) is 5.07. The van der Waals surface area contributed by atoms with Crippen LogP contribution in [0.15, 0.2) is 23.1 Å². The molecule has 0 bridgehead atoms. The summed E-state index contributed by atoms with van der Waals surface area (Å²) in [6.07, 6.45) is 0.739. The number of hydrogen-bond donors (Lipinski definition) is 3. The lowest BCUT2D eigenvalue weighted by Crippen LogP contribution is -2.08. The first kappa shape index (κ1) is 8.10. The van der Waals surface area contributed by atoms with Gasteiger partial charge in [-0.05, 0) is 18.2 Å². The minimum absolute atomic E-state index is 0.533. The topological polar surface area (TPSA) is 55.1 Å². The molecule has 0 fully saturated rings. The van der Waals surface area contributed by atoms with Gasteiger partial charge in [-0.25, -0.2) is 0 Å². The van der Waals surface area contributed by atoms with Crippen molar-refractivity contribution in [1.29, 1.82) is 0 Å². The maximum absolute atomic E-state index is 10.4. The van der Waals surface area contributed by atoms with Gasteiger partial charge < -0.3 is 5.43 Å². The first-order valence-corrected chi connectivity index (χ1v) is 3.47. The van der Waals surface area contributed by atoms with Crippen molar-refractivity contribution in [1.82, 2.24) is 0 Å². The van der Waals surface area contributed by atoms with E-state index in [1.807, 2.05) is 0 Å². The molecule has 0 heterocycles. The predicted octanol–water partition coefficient (Wildman–Crippen LogP) is 1.07. The second-order valence-electron chi connectivity index (χ2n) is 2.03. The molecule has 0 spiro atoms. The SMILES string of the molecule is NNc1cc(S)ccc1C=O. The highest BCUT2D eigenvalue weighted by Gasteiger charge is 1.98. The third kappa shape index (κ3) is 1.72. The largest absolute Gasteiger partial charge is 0.323 e. The molecule has 58 valence electrons. The minimum Gasteiger partial charge on any atom is -0.323 e. The second-order valence-corrected chi connectivity index (χ2v) is 2.55. The van der Waals surface area contributed by atoms with Gasteiger partial charge in [0.05, 0.1) is 5.69 Å². The number of anilines is 1. The average molecular weight is 168 g/mol. The van der Waals surface area contributed by atoms with Gasteiger partial charge >= 0.3 is 0 Å². The van der Waals surface area contributed by atoms with Crippen LogP contribution in [-0.4, -0.2) is 6.29 Å². The molecule has 0 saturated heterocycles. The number of nitrogens with two attached hydrogens (primary N) is 1. The molecule has 4 heteroatoms. The van der Waals surface area contributed by atoms with Gasteiger partial charge in [-0.2, -0.15) is 0 Å². The van der Waals surface area contributed by atoms with Gasteiger partial charge in [-0.3, -0.25) is 10.6 Å². The summed E-state index contributed by atoms with van der Waals surface area (Å²) < 4.78 is 0. The third-order valence-corrected chi connectivity index (χ3v) is 1.60. The fourth-order valence-corrected chi connectivity index (χ4v) is 0.976. The number of nitrogens with one attached hydrogen (secondary N) is 1. The van der Waals surface area contributed by atoms with Crippen LogP contribution in [0, 0.1) is 0 Å². The van der Waals surface area contributed by atoms with E-state index < -0.39 is 0 Å². The first-order chi connectivity index (χ1) is 5.27. The van der Waals surface area contributed by atoms with Crippen LogP contribution in [0.25, 0.3) is 0 Å². The van der Waals surface area contributed by atoms with Crippen LogP contribution >= 0.6 is 12.6 Å². The molecular formula is C7H8N2OS. The molecule has 0 unspecified atom stereocenters. The Bertz CT molecular complexity index is 275. The Kier molecular flexibility index (Phi) is 2.51. The first-order valence-electron chi connectivity index (χ1n) is 3.02. The van der Waals surface area contributed by atoms with Crippen LogP contribution in [0.1, 0.15) is 10.4 Å². The van der Waals surface area contributed by atoms with Crippen molar-refractivity contribution in [3.8, 4) is 0 Å². The van der Waals surface area contributed by atoms with Crippen LogP contribution < -0.4 is 11.3 Å². The second kappa shape index (κ2) is 3.41. The van der Waals surface area contributed by atoms with E-state index in [4.69, 9.17) is 5.84 Å². The van der Waals surface area contributed by atoms with Crippen LogP contribution in [0.3, 0.4) is 0 Å². The van der Waals surface area contributed by atoms with E-state index >= 15 is 0 Å².